The number of aliphatic hydroxyl groups is 1. The molecule has 2 heterocycles. The predicted octanol–water partition coefficient (Wildman–Crippen LogP) is 1.41. The van der Waals surface area contributed by atoms with Crippen LogP contribution >= 0.6 is 0 Å². The molecule has 5 nitrogen and oxygen atoms in total. The van der Waals surface area contributed by atoms with Crippen LogP contribution in [0.1, 0.15) is 30.7 Å². The molecule has 0 bridgehead atoms. The highest BCUT2D eigenvalue weighted by molar-refractivity contribution is 5.77. The third kappa shape index (κ3) is 3.61. The number of aliphatic hydroxyl groups excluding tert-OH is 1. The smallest absolute Gasteiger partial charge is 0.267 e. The number of halogens is 2. The van der Waals surface area contributed by atoms with Gasteiger partial charge in [0.25, 0.3) is 5.92 Å². The topological polar surface area (TPSA) is 73.4 Å². The second-order valence-corrected chi connectivity index (χ2v) is 6.20. The Labute approximate surface area is 133 Å². The lowest BCUT2D eigenvalue weighted by molar-refractivity contribution is -0.126. The number of alkyl halides is 2. The van der Waals surface area contributed by atoms with E-state index in [1.54, 1.807) is 24.3 Å². The molecule has 3 rings (SSSR count). The first-order chi connectivity index (χ1) is 11.0. The number of benzene rings is 1. The third-order valence-electron chi connectivity index (χ3n) is 4.52. The van der Waals surface area contributed by atoms with Crippen LogP contribution in [0.2, 0.25) is 0 Å². The summed E-state index contributed by atoms with van der Waals surface area (Å²) < 4.78 is 27.9. The van der Waals surface area contributed by atoms with Crippen molar-refractivity contribution in [3.05, 3.63) is 29.8 Å². The van der Waals surface area contributed by atoms with Gasteiger partial charge in [0.2, 0.25) is 5.91 Å². The van der Waals surface area contributed by atoms with E-state index in [4.69, 9.17) is 0 Å². The maximum Gasteiger partial charge on any atom is 0.267 e. The van der Waals surface area contributed by atoms with E-state index in [2.05, 4.69) is 16.0 Å². The number of anilines is 1. The van der Waals surface area contributed by atoms with Crippen molar-refractivity contribution >= 4 is 11.6 Å². The molecule has 0 radical (unpaired) electrons. The quantitative estimate of drug-likeness (QED) is 0.678. The number of nitrogens with one attached hydrogen (secondary N) is 3. The standard InChI is InChI=1S/C16H21F2N3O2/c17-16(18)9-19-8-7-12(16)10-1-3-11(4-2-10)20-13-5-6-14(22)21-15(13)23/h1-4,12-13,15,19-20,23H,5-9H2,(H,21,22). The van der Waals surface area contributed by atoms with Crippen molar-refractivity contribution in [2.75, 3.05) is 18.4 Å². The van der Waals surface area contributed by atoms with Crippen LogP contribution in [0, 0.1) is 0 Å². The Bertz CT molecular complexity index is 565. The summed E-state index contributed by atoms with van der Waals surface area (Å²) in [7, 11) is 0. The summed E-state index contributed by atoms with van der Waals surface area (Å²) in [6.07, 6.45) is 0.354. The summed E-state index contributed by atoms with van der Waals surface area (Å²) in [5.74, 6) is -3.67. The summed E-state index contributed by atoms with van der Waals surface area (Å²) in [5.41, 5.74) is 1.37. The average molecular weight is 325 g/mol. The summed E-state index contributed by atoms with van der Waals surface area (Å²) in [6.45, 7) is 0.305. The van der Waals surface area contributed by atoms with Crippen LogP contribution in [0.25, 0.3) is 0 Å². The number of amides is 1. The Kier molecular flexibility index (Phi) is 4.50. The SMILES string of the molecule is O=C1CCC(Nc2ccc(C3CCNCC3(F)F)cc2)C(O)N1. The zero-order valence-electron chi connectivity index (χ0n) is 12.7. The fourth-order valence-electron chi connectivity index (χ4n) is 3.21. The highest BCUT2D eigenvalue weighted by atomic mass is 19.3. The molecule has 126 valence electrons. The van der Waals surface area contributed by atoms with Gasteiger partial charge in [0.15, 0.2) is 0 Å². The van der Waals surface area contributed by atoms with Crippen LogP contribution in [-0.4, -0.2) is 42.3 Å². The minimum atomic E-state index is -2.74. The molecule has 23 heavy (non-hydrogen) atoms. The van der Waals surface area contributed by atoms with E-state index >= 15 is 0 Å². The molecule has 2 aliphatic heterocycles. The van der Waals surface area contributed by atoms with Crippen molar-refractivity contribution in [3.8, 4) is 0 Å². The van der Waals surface area contributed by atoms with E-state index in [9.17, 15) is 18.7 Å². The second-order valence-electron chi connectivity index (χ2n) is 6.20. The fourth-order valence-corrected chi connectivity index (χ4v) is 3.21. The molecular weight excluding hydrogens is 304 g/mol. The van der Waals surface area contributed by atoms with E-state index in [0.29, 0.717) is 31.4 Å². The molecule has 1 aromatic rings. The van der Waals surface area contributed by atoms with Crippen molar-refractivity contribution in [1.29, 1.82) is 0 Å². The van der Waals surface area contributed by atoms with Crippen LogP contribution in [-0.2, 0) is 4.79 Å². The largest absolute Gasteiger partial charge is 0.378 e. The van der Waals surface area contributed by atoms with E-state index in [1.165, 1.54) is 0 Å². The van der Waals surface area contributed by atoms with Gasteiger partial charge in [-0.2, -0.15) is 0 Å². The maximum absolute atomic E-state index is 14.0. The predicted molar refractivity (Wildman–Crippen MR) is 82.4 cm³/mol. The van der Waals surface area contributed by atoms with Gasteiger partial charge in [0.1, 0.15) is 6.23 Å². The van der Waals surface area contributed by atoms with E-state index in [-0.39, 0.29) is 18.5 Å². The Hall–Kier alpha value is -1.73. The van der Waals surface area contributed by atoms with Gasteiger partial charge in [-0.1, -0.05) is 12.1 Å². The van der Waals surface area contributed by atoms with Gasteiger partial charge in [0.05, 0.1) is 18.5 Å². The zero-order chi connectivity index (χ0) is 16.4. The van der Waals surface area contributed by atoms with Gasteiger partial charge in [0, 0.05) is 12.1 Å². The van der Waals surface area contributed by atoms with E-state index in [0.717, 1.165) is 5.69 Å². The molecular formula is C16H21F2N3O2. The molecule has 0 aromatic heterocycles. The van der Waals surface area contributed by atoms with Crippen molar-refractivity contribution in [3.63, 3.8) is 0 Å². The number of hydrogen-bond acceptors (Lipinski definition) is 4. The first-order valence-corrected chi connectivity index (χ1v) is 7.88. The average Bonchev–Trinajstić information content (AvgIpc) is 2.51. The van der Waals surface area contributed by atoms with Crippen molar-refractivity contribution < 1.29 is 18.7 Å². The van der Waals surface area contributed by atoms with Gasteiger partial charge in [-0.15, -0.1) is 0 Å². The molecule has 2 fully saturated rings. The first-order valence-electron chi connectivity index (χ1n) is 7.88. The van der Waals surface area contributed by atoms with Crippen LogP contribution in [0.4, 0.5) is 14.5 Å². The summed E-state index contributed by atoms with van der Waals surface area (Å²) in [4.78, 5) is 11.2. The van der Waals surface area contributed by atoms with E-state index < -0.39 is 18.1 Å². The van der Waals surface area contributed by atoms with Gasteiger partial charge >= 0.3 is 0 Å². The van der Waals surface area contributed by atoms with Crippen molar-refractivity contribution in [2.24, 2.45) is 0 Å². The molecule has 1 amide bonds. The van der Waals surface area contributed by atoms with Crippen LogP contribution in [0.3, 0.4) is 0 Å². The molecule has 0 spiro atoms. The molecule has 0 saturated carbocycles. The number of hydrogen-bond donors (Lipinski definition) is 4. The van der Waals surface area contributed by atoms with Crippen LogP contribution < -0.4 is 16.0 Å². The Balaban J connectivity index is 1.66. The summed E-state index contributed by atoms with van der Waals surface area (Å²) >= 11 is 0. The molecule has 7 heteroatoms. The fraction of sp³-hybridized carbons (Fsp3) is 0.562. The van der Waals surface area contributed by atoms with Gasteiger partial charge in [-0.05, 0) is 37.1 Å². The molecule has 1 aromatic carbocycles. The first kappa shape index (κ1) is 16.1. The Morgan fingerprint density at radius 3 is 2.61 bits per heavy atom. The number of piperidine rings is 2. The van der Waals surface area contributed by atoms with E-state index in [1.807, 2.05) is 0 Å². The maximum atomic E-state index is 14.0. The Morgan fingerprint density at radius 1 is 1.22 bits per heavy atom. The van der Waals surface area contributed by atoms with Crippen molar-refractivity contribution in [2.45, 2.75) is 43.4 Å². The number of carbonyl (C=O) groups is 1. The normalized spacial score (nSPS) is 30.6. The minimum Gasteiger partial charge on any atom is -0.378 e. The van der Waals surface area contributed by atoms with Crippen LogP contribution in [0.15, 0.2) is 24.3 Å². The molecule has 2 saturated heterocycles. The molecule has 4 N–H and O–H groups in total. The number of rotatable bonds is 3. The Morgan fingerprint density at radius 2 is 1.96 bits per heavy atom. The van der Waals surface area contributed by atoms with Gasteiger partial charge in [-0.3, -0.25) is 4.79 Å². The highest BCUT2D eigenvalue weighted by Crippen LogP contribution is 2.38. The third-order valence-corrected chi connectivity index (χ3v) is 4.52. The minimum absolute atomic E-state index is 0.168. The van der Waals surface area contributed by atoms with Crippen LogP contribution in [0.5, 0.6) is 0 Å². The summed E-state index contributed by atoms with van der Waals surface area (Å²) in [5, 5.41) is 18.2. The lowest BCUT2D eigenvalue weighted by Crippen LogP contribution is -2.51. The van der Waals surface area contributed by atoms with Crippen molar-refractivity contribution in [1.82, 2.24) is 10.6 Å². The molecule has 3 atom stereocenters. The molecule has 2 aliphatic rings. The monoisotopic (exact) mass is 325 g/mol. The molecule has 0 aliphatic carbocycles. The van der Waals surface area contributed by atoms with Gasteiger partial charge in [-0.25, -0.2) is 8.78 Å². The lowest BCUT2D eigenvalue weighted by atomic mass is 9.87. The lowest BCUT2D eigenvalue weighted by Gasteiger charge is -2.32. The molecule has 3 unspecified atom stereocenters. The number of carbonyl (C=O) groups excluding carboxylic acids is 1. The highest BCUT2D eigenvalue weighted by Gasteiger charge is 2.42. The second kappa shape index (κ2) is 6.41. The zero-order valence-corrected chi connectivity index (χ0v) is 12.7. The summed E-state index contributed by atoms with van der Waals surface area (Å²) in [6, 6.07) is 6.63. The van der Waals surface area contributed by atoms with Gasteiger partial charge < -0.3 is 21.1 Å².